The van der Waals surface area contributed by atoms with E-state index in [1.54, 1.807) is 63.2 Å². The van der Waals surface area contributed by atoms with Crippen LogP contribution in [0.15, 0.2) is 66.3 Å². The third-order valence-corrected chi connectivity index (χ3v) is 10.5. The Kier molecular flexibility index (Phi) is 12.7. The first-order valence-corrected chi connectivity index (χ1v) is 19.6. The van der Waals surface area contributed by atoms with Crippen molar-refractivity contribution in [2.24, 2.45) is 11.8 Å². The fraction of sp³-hybridized carbons (Fsp3) is 0.535. The van der Waals surface area contributed by atoms with Gasteiger partial charge in [0.2, 0.25) is 11.8 Å². The molecule has 1 aliphatic heterocycles. The zero-order valence-electron chi connectivity index (χ0n) is 32.4. The van der Waals surface area contributed by atoms with Crippen molar-refractivity contribution in [1.29, 1.82) is 0 Å². The van der Waals surface area contributed by atoms with Crippen LogP contribution in [-0.4, -0.2) is 93.6 Å². The van der Waals surface area contributed by atoms with Gasteiger partial charge in [-0.3, -0.25) is 14.4 Å². The molecule has 13 heteroatoms. The lowest BCUT2D eigenvalue weighted by atomic mass is 9.91. The van der Waals surface area contributed by atoms with Gasteiger partial charge in [0.05, 0.1) is 24.3 Å². The van der Waals surface area contributed by atoms with Gasteiger partial charge in [0, 0.05) is 30.3 Å². The van der Waals surface area contributed by atoms with E-state index in [1.165, 1.54) is 6.92 Å². The third kappa shape index (κ3) is 10.2. The molecule has 0 bridgehead atoms. The summed E-state index contributed by atoms with van der Waals surface area (Å²) in [6.45, 7) is 6.10. The highest BCUT2D eigenvalue weighted by atomic mass is 16.8. The van der Waals surface area contributed by atoms with Crippen molar-refractivity contribution in [3.8, 4) is 5.75 Å². The third-order valence-electron chi connectivity index (χ3n) is 10.5. The summed E-state index contributed by atoms with van der Waals surface area (Å²) >= 11 is 0. The molecule has 1 saturated heterocycles. The van der Waals surface area contributed by atoms with Crippen LogP contribution in [-0.2, 0) is 39.8 Å². The lowest BCUT2D eigenvalue weighted by Gasteiger charge is -2.31. The molecule has 302 valence electrons. The molecule has 56 heavy (non-hydrogen) atoms. The summed E-state index contributed by atoms with van der Waals surface area (Å²) in [7, 11) is 0. The Hall–Kier alpha value is -4.56. The highest BCUT2D eigenvalue weighted by Gasteiger charge is 2.64. The standard InChI is InChI=1S/C43H54N2O11/c1-25(47)37(40(51)44-32(24-46)20-21-36(49)55-42(2,3)4)45-39(50)29-22-34(38-35(23-29)54-43(56-38,30-16-17-30)31-18-19-31)53-41(52)28-14-12-26(13-15-28)8-7-10-27-9-5-6-11-33(27)48/h5-9,11-15,23,25,30-32,34-35,37-38,46-48H,10,16-22,24H2,1-4H3,(H,44,51)(H,45,50)/t25-,32-,34+,35+,37+,38-/m0/s1. The molecular formula is C43H54N2O11. The van der Waals surface area contributed by atoms with Gasteiger partial charge in [-0.2, -0.15) is 0 Å². The van der Waals surface area contributed by atoms with Crippen molar-refractivity contribution >= 4 is 29.8 Å². The number of hydrogen-bond donors (Lipinski definition) is 5. The summed E-state index contributed by atoms with van der Waals surface area (Å²) in [5.41, 5.74) is 1.49. The lowest BCUT2D eigenvalue weighted by Crippen LogP contribution is -2.55. The number of ether oxygens (including phenoxy) is 4. The number of amides is 2. The summed E-state index contributed by atoms with van der Waals surface area (Å²) in [4.78, 5) is 53.0. The second-order valence-corrected chi connectivity index (χ2v) is 16.3. The summed E-state index contributed by atoms with van der Waals surface area (Å²) in [5, 5.41) is 35.8. The Balaban J connectivity index is 1.13. The molecule has 6 atom stereocenters. The average Bonchev–Trinajstić information content (AvgIpc) is 4.10. The zero-order valence-corrected chi connectivity index (χ0v) is 32.4. The molecule has 4 aliphatic rings. The maximum atomic E-state index is 13.9. The molecule has 2 aromatic rings. The number of allylic oxidation sites excluding steroid dienone is 1. The van der Waals surface area contributed by atoms with Crippen molar-refractivity contribution < 1.29 is 53.4 Å². The number of benzene rings is 2. The first-order chi connectivity index (χ1) is 26.7. The van der Waals surface area contributed by atoms with Gasteiger partial charge in [0.15, 0.2) is 5.79 Å². The smallest absolute Gasteiger partial charge is 0.338 e. The van der Waals surface area contributed by atoms with E-state index in [4.69, 9.17) is 18.9 Å². The second kappa shape index (κ2) is 17.3. The molecule has 0 aromatic heterocycles. The van der Waals surface area contributed by atoms with Crippen LogP contribution in [0.3, 0.4) is 0 Å². The van der Waals surface area contributed by atoms with E-state index in [1.807, 2.05) is 24.3 Å². The largest absolute Gasteiger partial charge is 0.508 e. The number of aliphatic hydroxyl groups excluding tert-OH is 2. The maximum Gasteiger partial charge on any atom is 0.338 e. The molecule has 2 amide bonds. The fourth-order valence-electron chi connectivity index (χ4n) is 7.33. The minimum absolute atomic E-state index is 0.0238. The van der Waals surface area contributed by atoms with Crippen molar-refractivity contribution in [3.05, 3.63) is 82.9 Å². The molecule has 2 aromatic carbocycles. The van der Waals surface area contributed by atoms with Crippen LogP contribution in [0.4, 0.5) is 0 Å². The molecule has 1 heterocycles. The first-order valence-electron chi connectivity index (χ1n) is 19.6. The van der Waals surface area contributed by atoms with E-state index in [2.05, 4.69) is 10.6 Å². The fourth-order valence-corrected chi connectivity index (χ4v) is 7.33. The topological polar surface area (TPSA) is 190 Å². The normalized spacial score (nSPS) is 23.3. The van der Waals surface area contributed by atoms with Gasteiger partial charge in [-0.1, -0.05) is 42.5 Å². The number of hydrogen-bond acceptors (Lipinski definition) is 11. The van der Waals surface area contributed by atoms with Gasteiger partial charge in [-0.25, -0.2) is 4.79 Å². The monoisotopic (exact) mass is 774 g/mol. The maximum absolute atomic E-state index is 13.9. The van der Waals surface area contributed by atoms with Crippen LogP contribution in [0, 0.1) is 11.8 Å². The number of fused-ring (bicyclic) bond motifs is 1. The van der Waals surface area contributed by atoms with E-state index in [9.17, 15) is 34.5 Å². The number of para-hydroxylation sites is 1. The summed E-state index contributed by atoms with van der Waals surface area (Å²) in [5.74, 6) is -2.63. The molecule has 0 spiro atoms. The van der Waals surface area contributed by atoms with Gasteiger partial charge >= 0.3 is 11.9 Å². The van der Waals surface area contributed by atoms with Crippen LogP contribution in [0.25, 0.3) is 6.08 Å². The number of rotatable bonds is 16. The van der Waals surface area contributed by atoms with Gasteiger partial charge in [0.25, 0.3) is 0 Å². The number of phenols is 1. The minimum Gasteiger partial charge on any atom is -0.508 e. The van der Waals surface area contributed by atoms with E-state index in [0.29, 0.717) is 12.0 Å². The van der Waals surface area contributed by atoms with Gasteiger partial charge in [0.1, 0.15) is 35.7 Å². The second-order valence-electron chi connectivity index (χ2n) is 16.3. The van der Waals surface area contributed by atoms with Crippen LogP contribution in [0.5, 0.6) is 5.75 Å². The molecule has 13 nitrogen and oxygen atoms in total. The SMILES string of the molecule is C[C@H](O)[C@@H](NC(=O)C1=C[C@H]2OC(C3CC3)(C3CC3)O[C@H]2[C@H](OC(=O)c2ccc(C=CCc3ccccc3O)cc2)C1)C(=O)N[C@H](CO)CCC(=O)OC(C)(C)C. The van der Waals surface area contributed by atoms with E-state index >= 15 is 0 Å². The van der Waals surface area contributed by atoms with Crippen molar-refractivity contribution in [2.75, 3.05) is 6.61 Å². The quantitative estimate of drug-likeness (QED) is 0.153. The number of esters is 2. The highest BCUT2D eigenvalue weighted by molar-refractivity contribution is 5.97. The van der Waals surface area contributed by atoms with Gasteiger partial charge < -0.3 is 44.9 Å². The Bertz CT molecular complexity index is 1790. The molecule has 5 N–H and O–H groups in total. The Morgan fingerprint density at radius 2 is 1.66 bits per heavy atom. The van der Waals surface area contributed by atoms with Crippen molar-refractivity contribution in [2.45, 2.75) is 127 Å². The van der Waals surface area contributed by atoms with E-state index < -0.39 is 78.2 Å². The molecule has 3 fully saturated rings. The Morgan fingerprint density at radius 3 is 2.27 bits per heavy atom. The number of phenolic OH excluding ortho intramolecular Hbond substituents is 1. The Labute approximate surface area is 327 Å². The number of aliphatic hydroxyl groups is 2. The molecule has 2 saturated carbocycles. The molecule has 6 rings (SSSR count). The number of carbonyl (C=O) groups excluding carboxylic acids is 4. The summed E-state index contributed by atoms with van der Waals surface area (Å²) < 4.78 is 24.8. The summed E-state index contributed by atoms with van der Waals surface area (Å²) in [6.07, 6.45) is 6.33. The van der Waals surface area contributed by atoms with E-state index in [-0.39, 0.29) is 42.4 Å². The predicted octanol–water partition coefficient (Wildman–Crippen LogP) is 4.27. The predicted molar refractivity (Wildman–Crippen MR) is 205 cm³/mol. The Morgan fingerprint density at radius 1 is 0.982 bits per heavy atom. The molecule has 0 radical (unpaired) electrons. The van der Waals surface area contributed by atoms with Crippen LogP contribution in [0.2, 0.25) is 0 Å². The highest BCUT2D eigenvalue weighted by Crippen LogP contribution is 2.59. The van der Waals surface area contributed by atoms with Gasteiger partial charge in [-0.15, -0.1) is 0 Å². The number of aromatic hydroxyl groups is 1. The molecule has 3 aliphatic carbocycles. The van der Waals surface area contributed by atoms with Crippen molar-refractivity contribution in [3.63, 3.8) is 0 Å². The first kappa shape index (κ1) is 41.1. The lowest BCUT2D eigenvalue weighted by molar-refractivity contribution is -0.209. The summed E-state index contributed by atoms with van der Waals surface area (Å²) in [6, 6.07) is 11.8. The minimum atomic E-state index is -1.40. The van der Waals surface area contributed by atoms with E-state index in [0.717, 1.165) is 36.8 Å². The zero-order chi connectivity index (χ0) is 40.2. The number of nitrogens with one attached hydrogen (secondary N) is 2. The van der Waals surface area contributed by atoms with Gasteiger partial charge in [-0.05, 0) is 102 Å². The molecule has 0 unspecified atom stereocenters. The van der Waals surface area contributed by atoms with Crippen LogP contribution < -0.4 is 10.6 Å². The molecular weight excluding hydrogens is 720 g/mol. The van der Waals surface area contributed by atoms with Crippen LogP contribution in [0.1, 0.15) is 94.1 Å². The average molecular weight is 775 g/mol. The number of carbonyl (C=O) groups is 4. The van der Waals surface area contributed by atoms with Crippen molar-refractivity contribution in [1.82, 2.24) is 10.6 Å². The van der Waals surface area contributed by atoms with Crippen LogP contribution >= 0.6 is 0 Å².